The van der Waals surface area contributed by atoms with Crippen LogP contribution in [0.4, 0.5) is 5.69 Å². The molecule has 8 heteroatoms. The molecule has 0 spiro atoms. The first-order valence-corrected chi connectivity index (χ1v) is 9.72. The molecule has 3 rings (SSSR count). The lowest BCUT2D eigenvalue weighted by Gasteiger charge is -2.36. The molecule has 0 unspecified atom stereocenters. The molecular formula is C20H29N3O5. The number of rotatable bonds is 6. The van der Waals surface area contributed by atoms with Gasteiger partial charge in [0.2, 0.25) is 5.91 Å². The summed E-state index contributed by atoms with van der Waals surface area (Å²) < 4.78 is 16.3. The summed E-state index contributed by atoms with van der Waals surface area (Å²) in [6, 6.07) is 5.29. The van der Waals surface area contributed by atoms with Crippen molar-refractivity contribution in [2.45, 2.75) is 18.9 Å². The van der Waals surface area contributed by atoms with Crippen molar-refractivity contribution in [1.82, 2.24) is 10.2 Å². The second-order valence-electron chi connectivity index (χ2n) is 7.06. The van der Waals surface area contributed by atoms with Crippen LogP contribution in [0, 0.1) is 0 Å². The summed E-state index contributed by atoms with van der Waals surface area (Å²) in [7, 11) is 3.54. The normalized spacial score (nSPS) is 19.4. The second kappa shape index (κ2) is 9.75. The van der Waals surface area contributed by atoms with Gasteiger partial charge < -0.3 is 29.3 Å². The number of hydrogen-bond donors (Lipinski definition) is 1. The minimum absolute atomic E-state index is 0.0732. The summed E-state index contributed by atoms with van der Waals surface area (Å²) in [5, 5.41) is 2.82. The van der Waals surface area contributed by atoms with Crippen molar-refractivity contribution >= 4 is 17.5 Å². The zero-order valence-electron chi connectivity index (χ0n) is 16.6. The molecule has 28 heavy (non-hydrogen) atoms. The quantitative estimate of drug-likeness (QED) is 0.726. The third-order valence-electron chi connectivity index (χ3n) is 5.16. The molecule has 0 aliphatic carbocycles. The van der Waals surface area contributed by atoms with Gasteiger partial charge in [-0.05, 0) is 24.6 Å². The highest BCUT2D eigenvalue weighted by Crippen LogP contribution is 2.34. The van der Waals surface area contributed by atoms with Gasteiger partial charge in [-0.2, -0.15) is 0 Å². The van der Waals surface area contributed by atoms with Crippen LogP contribution in [0.25, 0.3) is 0 Å². The maximum atomic E-state index is 12.7. The van der Waals surface area contributed by atoms with Crippen LogP contribution in [0.1, 0.15) is 23.2 Å². The number of nitrogens with zero attached hydrogens (tertiary/aromatic N) is 2. The Kier molecular flexibility index (Phi) is 7.11. The van der Waals surface area contributed by atoms with E-state index in [9.17, 15) is 9.59 Å². The fourth-order valence-corrected chi connectivity index (χ4v) is 3.44. The lowest BCUT2D eigenvalue weighted by Crippen LogP contribution is -2.45. The Morgan fingerprint density at radius 3 is 2.96 bits per heavy atom. The highest BCUT2D eigenvalue weighted by molar-refractivity contribution is 5.95. The maximum absolute atomic E-state index is 12.7. The molecule has 1 N–H and O–H groups in total. The van der Waals surface area contributed by atoms with Crippen molar-refractivity contribution in [3.63, 3.8) is 0 Å². The summed E-state index contributed by atoms with van der Waals surface area (Å²) in [4.78, 5) is 28.9. The van der Waals surface area contributed by atoms with Gasteiger partial charge in [-0.15, -0.1) is 0 Å². The number of carbonyl (C=O) groups excluding carboxylic acids is 2. The van der Waals surface area contributed by atoms with Crippen LogP contribution in [-0.4, -0.2) is 83.0 Å². The number of fused-ring (bicyclic) bond motifs is 1. The molecule has 2 aliphatic heterocycles. The first-order valence-electron chi connectivity index (χ1n) is 9.72. The predicted molar refractivity (Wildman–Crippen MR) is 105 cm³/mol. The van der Waals surface area contributed by atoms with Gasteiger partial charge in [-0.25, -0.2) is 0 Å². The van der Waals surface area contributed by atoms with E-state index in [1.807, 2.05) is 22.9 Å². The van der Waals surface area contributed by atoms with Gasteiger partial charge in [-0.3, -0.25) is 9.59 Å². The number of anilines is 1. The number of ether oxygens (including phenoxy) is 3. The van der Waals surface area contributed by atoms with E-state index in [0.717, 1.165) is 24.4 Å². The van der Waals surface area contributed by atoms with Gasteiger partial charge >= 0.3 is 0 Å². The van der Waals surface area contributed by atoms with Crippen molar-refractivity contribution in [3.05, 3.63) is 23.8 Å². The Balaban J connectivity index is 1.65. The molecule has 1 atom stereocenters. The molecular weight excluding hydrogens is 362 g/mol. The highest BCUT2D eigenvalue weighted by atomic mass is 16.5. The molecule has 2 aliphatic rings. The third kappa shape index (κ3) is 4.94. The summed E-state index contributed by atoms with van der Waals surface area (Å²) in [6.45, 7) is 4.03. The number of amides is 2. The monoisotopic (exact) mass is 391 g/mol. The molecule has 0 aromatic heterocycles. The lowest BCUT2D eigenvalue weighted by atomic mass is 10.1. The molecule has 2 heterocycles. The standard InChI is InChI=1S/C20H29N3O5/c1-22-16(13-19(24)23-7-3-9-27-11-8-23)14-28-18-5-4-15(12-17(18)22)20(25)21-6-10-26-2/h4-5,12,16H,3,6-11,13-14H2,1-2H3,(H,21,25)/t16-/m1/s1. The van der Waals surface area contributed by atoms with E-state index in [-0.39, 0.29) is 17.9 Å². The molecule has 0 bridgehead atoms. The summed E-state index contributed by atoms with van der Waals surface area (Å²) in [5.74, 6) is 0.682. The Hall–Kier alpha value is -2.32. The Morgan fingerprint density at radius 2 is 2.14 bits per heavy atom. The minimum Gasteiger partial charge on any atom is -0.489 e. The van der Waals surface area contributed by atoms with Crippen LogP contribution in [0.2, 0.25) is 0 Å². The minimum atomic E-state index is -0.156. The largest absolute Gasteiger partial charge is 0.489 e. The molecule has 1 aromatic rings. The van der Waals surface area contributed by atoms with E-state index in [1.54, 1.807) is 19.2 Å². The van der Waals surface area contributed by atoms with Gasteiger partial charge in [0.05, 0.1) is 31.4 Å². The number of hydrogen-bond acceptors (Lipinski definition) is 6. The molecule has 8 nitrogen and oxygen atoms in total. The first-order chi connectivity index (χ1) is 13.6. The zero-order valence-corrected chi connectivity index (χ0v) is 16.6. The van der Waals surface area contributed by atoms with Crippen molar-refractivity contribution in [2.75, 3.05) is 65.1 Å². The summed E-state index contributed by atoms with van der Waals surface area (Å²) >= 11 is 0. The smallest absolute Gasteiger partial charge is 0.251 e. The number of nitrogens with one attached hydrogen (secondary N) is 1. The van der Waals surface area contributed by atoms with Crippen molar-refractivity contribution in [3.8, 4) is 5.75 Å². The second-order valence-corrected chi connectivity index (χ2v) is 7.06. The van der Waals surface area contributed by atoms with E-state index >= 15 is 0 Å². The predicted octanol–water partition coefficient (Wildman–Crippen LogP) is 0.899. The fourth-order valence-electron chi connectivity index (χ4n) is 3.44. The molecule has 0 saturated carbocycles. The van der Waals surface area contributed by atoms with Gasteiger partial charge in [0.1, 0.15) is 12.4 Å². The van der Waals surface area contributed by atoms with Crippen LogP contribution in [0.5, 0.6) is 5.75 Å². The lowest BCUT2D eigenvalue weighted by molar-refractivity contribution is -0.131. The summed E-state index contributed by atoms with van der Waals surface area (Å²) in [6.07, 6.45) is 1.24. The van der Waals surface area contributed by atoms with E-state index in [1.165, 1.54) is 0 Å². The topological polar surface area (TPSA) is 80.3 Å². The molecule has 1 fully saturated rings. The fraction of sp³-hybridized carbons (Fsp3) is 0.600. The van der Waals surface area contributed by atoms with Crippen LogP contribution >= 0.6 is 0 Å². The first kappa shape index (κ1) is 20.4. The molecule has 2 amide bonds. The molecule has 0 radical (unpaired) electrons. The Morgan fingerprint density at radius 1 is 1.29 bits per heavy atom. The SMILES string of the molecule is COCCNC(=O)c1ccc2c(c1)N(C)[C@H](CC(=O)N1CCCOCC1)CO2. The zero-order chi connectivity index (χ0) is 19.9. The Bertz CT molecular complexity index is 688. The van der Waals surface area contributed by atoms with Gasteiger partial charge in [0, 0.05) is 46.0 Å². The average molecular weight is 391 g/mol. The van der Waals surface area contributed by atoms with Crippen molar-refractivity contribution in [1.29, 1.82) is 0 Å². The van der Waals surface area contributed by atoms with E-state index in [4.69, 9.17) is 14.2 Å². The van der Waals surface area contributed by atoms with E-state index in [0.29, 0.717) is 51.5 Å². The van der Waals surface area contributed by atoms with Gasteiger partial charge in [0.15, 0.2) is 0 Å². The van der Waals surface area contributed by atoms with Gasteiger partial charge in [-0.1, -0.05) is 0 Å². The summed E-state index contributed by atoms with van der Waals surface area (Å²) in [5.41, 5.74) is 1.38. The van der Waals surface area contributed by atoms with Crippen LogP contribution in [0.15, 0.2) is 18.2 Å². The van der Waals surface area contributed by atoms with Gasteiger partial charge in [0.25, 0.3) is 5.91 Å². The Labute approximate surface area is 165 Å². The van der Waals surface area contributed by atoms with E-state index in [2.05, 4.69) is 5.32 Å². The van der Waals surface area contributed by atoms with Crippen LogP contribution in [-0.2, 0) is 14.3 Å². The molecule has 154 valence electrons. The highest BCUT2D eigenvalue weighted by Gasteiger charge is 2.29. The molecule has 1 aromatic carbocycles. The number of benzene rings is 1. The third-order valence-corrected chi connectivity index (χ3v) is 5.16. The van der Waals surface area contributed by atoms with E-state index < -0.39 is 0 Å². The average Bonchev–Trinajstić information content (AvgIpc) is 2.99. The van der Waals surface area contributed by atoms with Crippen LogP contribution < -0.4 is 15.0 Å². The van der Waals surface area contributed by atoms with Crippen LogP contribution in [0.3, 0.4) is 0 Å². The molecule has 1 saturated heterocycles. The number of likely N-dealkylation sites (N-methyl/N-ethyl adjacent to an activating group) is 1. The van der Waals surface area contributed by atoms with Crippen molar-refractivity contribution in [2.24, 2.45) is 0 Å². The maximum Gasteiger partial charge on any atom is 0.251 e. The number of carbonyl (C=O) groups is 2. The number of methoxy groups -OCH3 is 1. The van der Waals surface area contributed by atoms with Crippen molar-refractivity contribution < 1.29 is 23.8 Å².